The summed E-state index contributed by atoms with van der Waals surface area (Å²) in [5, 5.41) is 14.8. The second-order valence-electron chi connectivity index (χ2n) is 6.57. The predicted molar refractivity (Wildman–Crippen MR) is 135 cm³/mol. The predicted octanol–water partition coefficient (Wildman–Crippen LogP) is 6.23. The van der Waals surface area contributed by atoms with Gasteiger partial charge in [-0.2, -0.15) is 5.10 Å². The van der Waals surface area contributed by atoms with Gasteiger partial charge in [-0.25, -0.2) is 5.43 Å². The molecule has 3 aromatic carbocycles. The molecule has 0 aromatic heterocycles. The summed E-state index contributed by atoms with van der Waals surface area (Å²) in [6, 6.07) is 14.8. The minimum absolute atomic E-state index is 0.0233. The average Bonchev–Trinajstić information content (AvgIpc) is 2.78. The van der Waals surface area contributed by atoms with Crippen LogP contribution in [0.25, 0.3) is 0 Å². The Balaban J connectivity index is 1.66. The molecule has 0 aliphatic carbocycles. The number of nitrogens with one attached hydrogen (secondary N) is 1. The minimum Gasteiger partial charge on any atom is -0.496 e. The Labute approximate surface area is 214 Å². The number of carbonyl (C=O) groups excluding carboxylic acids is 1. The third-order valence-corrected chi connectivity index (χ3v) is 6.01. The highest BCUT2D eigenvalue weighted by Crippen LogP contribution is 2.35. The quantitative estimate of drug-likeness (QED) is 0.178. The summed E-state index contributed by atoms with van der Waals surface area (Å²) in [7, 11) is 1.49. The molecule has 0 radical (unpaired) electrons. The smallest absolute Gasteiger partial charge is 0.275 e. The Morgan fingerprint density at radius 2 is 1.76 bits per heavy atom. The van der Waals surface area contributed by atoms with Crippen LogP contribution in [0.2, 0.25) is 0 Å². The van der Waals surface area contributed by atoms with Gasteiger partial charge in [-0.3, -0.25) is 14.9 Å². The SMILES string of the molecule is COc1ccc(Br)cc1C(=O)N/N=C\c1cc(Br)c(OCc2ccc([N+](=O)[O-])cc2)c(Br)c1. The highest BCUT2D eigenvalue weighted by atomic mass is 79.9. The zero-order valence-electron chi connectivity index (χ0n) is 17.1. The van der Waals surface area contributed by atoms with Crippen LogP contribution in [0.5, 0.6) is 11.5 Å². The number of benzene rings is 3. The van der Waals surface area contributed by atoms with Crippen LogP contribution in [0, 0.1) is 10.1 Å². The van der Waals surface area contributed by atoms with Crippen molar-refractivity contribution in [2.24, 2.45) is 5.10 Å². The van der Waals surface area contributed by atoms with Crippen molar-refractivity contribution in [1.82, 2.24) is 5.43 Å². The number of nitro groups is 1. The number of hydrogen-bond donors (Lipinski definition) is 1. The van der Waals surface area contributed by atoms with Crippen molar-refractivity contribution in [2.75, 3.05) is 7.11 Å². The molecule has 0 spiro atoms. The summed E-state index contributed by atoms with van der Waals surface area (Å²) in [6.07, 6.45) is 1.50. The molecule has 1 amide bonds. The van der Waals surface area contributed by atoms with Crippen molar-refractivity contribution >= 4 is 65.6 Å². The van der Waals surface area contributed by atoms with E-state index in [2.05, 4.69) is 58.3 Å². The minimum atomic E-state index is -0.449. The van der Waals surface area contributed by atoms with Gasteiger partial charge in [0.1, 0.15) is 18.1 Å². The van der Waals surface area contributed by atoms with E-state index >= 15 is 0 Å². The molecule has 0 saturated carbocycles. The largest absolute Gasteiger partial charge is 0.496 e. The number of non-ortho nitro benzene ring substituents is 1. The van der Waals surface area contributed by atoms with Crippen molar-refractivity contribution in [3.8, 4) is 11.5 Å². The lowest BCUT2D eigenvalue weighted by molar-refractivity contribution is -0.384. The number of methoxy groups -OCH3 is 1. The molecular weight excluding hydrogens is 626 g/mol. The molecule has 0 bridgehead atoms. The Morgan fingerprint density at radius 1 is 1.09 bits per heavy atom. The van der Waals surface area contributed by atoms with Gasteiger partial charge in [0.25, 0.3) is 11.6 Å². The fourth-order valence-corrected chi connectivity index (χ4v) is 4.56. The second-order valence-corrected chi connectivity index (χ2v) is 9.19. The van der Waals surface area contributed by atoms with Gasteiger partial charge in [0, 0.05) is 16.6 Å². The highest BCUT2D eigenvalue weighted by molar-refractivity contribution is 9.11. The van der Waals surface area contributed by atoms with E-state index in [1.54, 1.807) is 42.5 Å². The summed E-state index contributed by atoms with van der Waals surface area (Å²) in [5.41, 5.74) is 4.35. The molecule has 0 fully saturated rings. The molecule has 0 saturated heterocycles. The molecule has 0 aliphatic rings. The zero-order valence-corrected chi connectivity index (χ0v) is 21.8. The van der Waals surface area contributed by atoms with E-state index in [4.69, 9.17) is 9.47 Å². The normalized spacial score (nSPS) is 10.8. The summed E-state index contributed by atoms with van der Waals surface area (Å²) in [4.78, 5) is 22.7. The van der Waals surface area contributed by atoms with E-state index < -0.39 is 10.8 Å². The lowest BCUT2D eigenvalue weighted by Gasteiger charge is -2.11. The fourth-order valence-electron chi connectivity index (χ4n) is 2.74. The van der Waals surface area contributed by atoms with Gasteiger partial charge in [0.2, 0.25) is 0 Å². The van der Waals surface area contributed by atoms with Gasteiger partial charge in [-0.15, -0.1) is 0 Å². The van der Waals surface area contributed by atoms with Crippen LogP contribution in [0.4, 0.5) is 5.69 Å². The molecule has 1 N–H and O–H groups in total. The first-order chi connectivity index (χ1) is 15.8. The van der Waals surface area contributed by atoms with E-state index in [0.717, 1.165) is 10.0 Å². The van der Waals surface area contributed by atoms with E-state index in [1.165, 1.54) is 25.5 Å². The van der Waals surface area contributed by atoms with Crippen LogP contribution < -0.4 is 14.9 Å². The molecule has 3 rings (SSSR count). The summed E-state index contributed by atoms with van der Waals surface area (Å²) < 4.78 is 13.1. The molecule has 0 aliphatic heterocycles. The van der Waals surface area contributed by atoms with E-state index in [0.29, 0.717) is 31.6 Å². The number of hydrogen-bond acceptors (Lipinski definition) is 6. The lowest BCUT2D eigenvalue weighted by atomic mass is 10.2. The second kappa shape index (κ2) is 11.4. The van der Waals surface area contributed by atoms with Crippen molar-refractivity contribution in [3.63, 3.8) is 0 Å². The molecule has 3 aromatic rings. The maximum absolute atomic E-state index is 12.4. The molecule has 170 valence electrons. The van der Waals surface area contributed by atoms with Crippen LogP contribution in [0.15, 0.2) is 73.1 Å². The Kier molecular flexibility index (Phi) is 8.59. The number of amides is 1. The van der Waals surface area contributed by atoms with Crippen molar-refractivity contribution < 1.29 is 19.2 Å². The van der Waals surface area contributed by atoms with Gasteiger partial charge in [-0.05, 0) is 85.5 Å². The van der Waals surface area contributed by atoms with Gasteiger partial charge in [-0.1, -0.05) is 15.9 Å². The first-order valence-electron chi connectivity index (χ1n) is 9.30. The van der Waals surface area contributed by atoms with Crippen LogP contribution in [0.3, 0.4) is 0 Å². The number of halogens is 3. The number of nitrogens with zero attached hydrogens (tertiary/aromatic N) is 2. The number of hydrazone groups is 1. The van der Waals surface area contributed by atoms with Crippen LogP contribution >= 0.6 is 47.8 Å². The van der Waals surface area contributed by atoms with Gasteiger partial charge in [0.05, 0.1) is 32.8 Å². The molecule has 0 atom stereocenters. The molecule has 8 nitrogen and oxygen atoms in total. The third kappa shape index (κ3) is 6.62. The van der Waals surface area contributed by atoms with E-state index in [-0.39, 0.29) is 12.3 Å². The molecule has 11 heteroatoms. The monoisotopic (exact) mass is 639 g/mol. The Bertz CT molecular complexity index is 1190. The summed E-state index contributed by atoms with van der Waals surface area (Å²) >= 11 is 10.3. The molecule has 0 unspecified atom stereocenters. The number of nitro benzene ring substituents is 1. The molecule has 0 heterocycles. The molecule has 33 heavy (non-hydrogen) atoms. The number of ether oxygens (including phenoxy) is 2. The van der Waals surface area contributed by atoms with E-state index in [1.807, 2.05) is 0 Å². The number of carbonyl (C=O) groups is 1. The van der Waals surface area contributed by atoms with E-state index in [9.17, 15) is 14.9 Å². The number of rotatable bonds is 8. The summed E-state index contributed by atoms with van der Waals surface area (Å²) in [6.45, 7) is 0.229. The lowest BCUT2D eigenvalue weighted by Crippen LogP contribution is -2.18. The van der Waals surface area contributed by atoms with Crippen LogP contribution in [0.1, 0.15) is 21.5 Å². The Morgan fingerprint density at radius 3 is 2.36 bits per heavy atom. The van der Waals surface area contributed by atoms with Crippen molar-refractivity contribution in [2.45, 2.75) is 6.61 Å². The van der Waals surface area contributed by atoms with Crippen LogP contribution in [-0.2, 0) is 6.61 Å². The topological polar surface area (TPSA) is 103 Å². The highest BCUT2D eigenvalue weighted by Gasteiger charge is 2.13. The first kappa shape index (κ1) is 24.9. The van der Waals surface area contributed by atoms with Gasteiger partial charge in [0.15, 0.2) is 0 Å². The van der Waals surface area contributed by atoms with Gasteiger partial charge >= 0.3 is 0 Å². The summed E-state index contributed by atoms with van der Waals surface area (Å²) in [5.74, 6) is 0.588. The van der Waals surface area contributed by atoms with Crippen molar-refractivity contribution in [3.05, 3.63) is 94.8 Å². The first-order valence-corrected chi connectivity index (χ1v) is 11.7. The standard InChI is InChI=1S/C22H16Br3N3O5/c1-32-20-7-4-15(23)10-17(20)22(29)27-26-11-14-8-18(24)21(19(25)9-14)33-12-13-2-5-16(6-3-13)28(30)31/h2-11H,12H2,1H3,(H,27,29)/b26-11-. The van der Waals surface area contributed by atoms with Gasteiger partial charge < -0.3 is 9.47 Å². The van der Waals surface area contributed by atoms with Crippen molar-refractivity contribution in [1.29, 1.82) is 0 Å². The van der Waals surface area contributed by atoms with Crippen LogP contribution in [-0.4, -0.2) is 24.2 Å². The average molecular weight is 642 g/mol. The third-order valence-electron chi connectivity index (χ3n) is 4.34. The zero-order chi connectivity index (χ0) is 24.0. The fraction of sp³-hybridized carbons (Fsp3) is 0.0909. The molecular formula is C22H16Br3N3O5. The maximum Gasteiger partial charge on any atom is 0.275 e. The Hall–Kier alpha value is -2.76. The maximum atomic E-state index is 12.4.